The summed E-state index contributed by atoms with van der Waals surface area (Å²) >= 11 is 0. The Labute approximate surface area is 101 Å². The average molecular weight is 234 g/mol. The second kappa shape index (κ2) is 4.75. The summed E-state index contributed by atoms with van der Waals surface area (Å²) in [6.07, 6.45) is 0.963. The van der Waals surface area contributed by atoms with Crippen LogP contribution >= 0.6 is 0 Å². The predicted octanol–water partition coefficient (Wildman–Crippen LogP) is 1.58. The van der Waals surface area contributed by atoms with Crippen LogP contribution in [0.4, 0.5) is 11.4 Å². The molecule has 1 amide bonds. The molecule has 0 atom stereocenters. The molecule has 0 radical (unpaired) electrons. The molecule has 2 N–H and O–H groups in total. The van der Waals surface area contributed by atoms with Crippen molar-refractivity contribution >= 4 is 17.3 Å². The first-order chi connectivity index (χ1) is 8.08. The van der Waals surface area contributed by atoms with Gasteiger partial charge in [0.05, 0.1) is 6.10 Å². The van der Waals surface area contributed by atoms with Crippen LogP contribution in [0.2, 0.25) is 0 Å². The van der Waals surface area contributed by atoms with Gasteiger partial charge in [-0.2, -0.15) is 0 Å². The highest BCUT2D eigenvalue weighted by molar-refractivity contribution is 5.96. The molecule has 1 aliphatic rings. The lowest BCUT2D eigenvalue weighted by atomic mass is 10.1. The van der Waals surface area contributed by atoms with E-state index in [-0.39, 0.29) is 18.6 Å². The Balaban J connectivity index is 2.10. The molecule has 1 heterocycles. The van der Waals surface area contributed by atoms with Gasteiger partial charge in [0.2, 0.25) is 0 Å². The van der Waals surface area contributed by atoms with Crippen molar-refractivity contribution in [3.05, 3.63) is 23.8 Å². The Morgan fingerprint density at radius 1 is 1.53 bits per heavy atom. The maximum Gasteiger partial charge on any atom is 0.253 e. The average Bonchev–Trinajstić information content (AvgIpc) is 2.68. The van der Waals surface area contributed by atoms with E-state index in [4.69, 9.17) is 10.5 Å². The molecule has 0 aliphatic carbocycles. The van der Waals surface area contributed by atoms with Crippen LogP contribution in [0.15, 0.2) is 18.2 Å². The molecular formula is C13H18N2O2. The van der Waals surface area contributed by atoms with E-state index >= 15 is 0 Å². The minimum atomic E-state index is 0.00282. The maximum absolute atomic E-state index is 12.0. The van der Waals surface area contributed by atoms with Crippen LogP contribution < -0.4 is 10.6 Å². The van der Waals surface area contributed by atoms with Crippen molar-refractivity contribution in [1.82, 2.24) is 0 Å². The number of anilines is 2. The Morgan fingerprint density at radius 2 is 2.29 bits per heavy atom. The predicted molar refractivity (Wildman–Crippen MR) is 68.0 cm³/mol. The molecule has 0 spiro atoms. The minimum absolute atomic E-state index is 0.00282. The zero-order valence-electron chi connectivity index (χ0n) is 10.3. The van der Waals surface area contributed by atoms with Crippen LogP contribution in [0.1, 0.15) is 19.4 Å². The molecular weight excluding hydrogens is 216 g/mol. The summed E-state index contributed by atoms with van der Waals surface area (Å²) in [5, 5.41) is 0. The number of benzene rings is 1. The molecule has 4 nitrogen and oxygen atoms in total. The second-order valence-electron chi connectivity index (χ2n) is 4.54. The molecule has 0 unspecified atom stereocenters. The zero-order valence-corrected chi connectivity index (χ0v) is 10.3. The lowest BCUT2D eigenvalue weighted by Crippen LogP contribution is -2.33. The van der Waals surface area contributed by atoms with Gasteiger partial charge in [0.25, 0.3) is 5.91 Å². The van der Waals surface area contributed by atoms with Gasteiger partial charge >= 0.3 is 0 Å². The minimum Gasteiger partial charge on any atom is -0.399 e. The van der Waals surface area contributed by atoms with Crippen LogP contribution in [0.25, 0.3) is 0 Å². The Hall–Kier alpha value is -1.55. The molecule has 4 heteroatoms. The monoisotopic (exact) mass is 234 g/mol. The topological polar surface area (TPSA) is 55.6 Å². The number of nitrogens with two attached hydrogens (primary N) is 1. The van der Waals surface area contributed by atoms with E-state index in [2.05, 4.69) is 0 Å². The Kier molecular flexibility index (Phi) is 3.33. The normalized spacial score (nSPS) is 14.2. The highest BCUT2D eigenvalue weighted by atomic mass is 16.5. The zero-order chi connectivity index (χ0) is 12.4. The van der Waals surface area contributed by atoms with E-state index in [9.17, 15) is 4.79 Å². The van der Waals surface area contributed by atoms with E-state index in [1.54, 1.807) is 4.90 Å². The van der Waals surface area contributed by atoms with E-state index in [1.165, 1.54) is 5.56 Å². The molecule has 92 valence electrons. The SMILES string of the molecule is CC(C)OCC(=O)N1CCc2ccc(N)cc21. The number of amides is 1. The second-order valence-corrected chi connectivity index (χ2v) is 4.54. The molecule has 2 rings (SSSR count). The number of nitrogen functional groups attached to an aromatic ring is 1. The standard InChI is InChI=1S/C13H18N2O2/c1-9(2)17-8-13(16)15-6-5-10-3-4-11(14)7-12(10)15/h3-4,7,9H,5-6,8,14H2,1-2H3. The van der Waals surface area contributed by atoms with Crippen LogP contribution in [0.5, 0.6) is 0 Å². The third-order valence-corrected chi connectivity index (χ3v) is 2.85. The van der Waals surface area contributed by atoms with Crippen LogP contribution in [0.3, 0.4) is 0 Å². The molecule has 0 fully saturated rings. The summed E-state index contributed by atoms with van der Waals surface area (Å²) in [6, 6.07) is 5.72. The number of hydrogen-bond donors (Lipinski definition) is 1. The molecule has 1 aromatic rings. The summed E-state index contributed by atoms with van der Waals surface area (Å²) in [5.74, 6) is 0.00282. The van der Waals surface area contributed by atoms with Crippen molar-refractivity contribution in [2.45, 2.75) is 26.4 Å². The summed E-state index contributed by atoms with van der Waals surface area (Å²) in [7, 11) is 0. The molecule has 17 heavy (non-hydrogen) atoms. The van der Waals surface area contributed by atoms with Gasteiger partial charge in [0.15, 0.2) is 0 Å². The largest absolute Gasteiger partial charge is 0.399 e. The van der Waals surface area contributed by atoms with Gasteiger partial charge in [-0.15, -0.1) is 0 Å². The van der Waals surface area contributed by atoms with Crippen molar-refractivity contribution in [1.29, 1.82) is 0 Å². The van der Waals surface area contributed by atoms with E-state index < -0.39 is 0 Å². The molecule has 0 bridgehead atoms. The van der Waals surface area contributed by atoms with Crippen LogP contribution in [-0.4, -0.2) is 25.2 Å². The van der Waals surface area contributed by atoms with Crippen molar-refractivity contribution in [3.8, 4) is 0 Å². The number of nitrogens with zero attached hydrogens (tertiary/aromatic N) is 1. The lowest BCUT2D eigenvalue weighted by Gasteiger charge is -2.18. The highest BCUT2D eigenvalue weighted by Gasteiger charge is 2.24. The van der Waals surface area contributed by atoms with E-state index in [0.29, 0.717) is 5.69 Å². The van der Waals surface area contributed by atoms with Gasteiger partial charge in [-0.25, -0.2) is 0 Å². The highest BCUT2D eigenvalue weighted by Crippen LogP contribution is 2.29. The van der Waals surface area contributed by atoms with Crippen molar-refractivity contribution in [3.63, 3.8) is 0 Å². The summed E-state index contributed by atoms with van der Waals surface area (Å²) in [6.45, 7) is 4.69. The Morgan fingerprint density at radius 3 is 3.00 bits per heavy atom. The third kappa shape index (κ3) is 2.58. The van der Waals surface area contributed by atoms with E-state index in [1.807, 2.05) is 32.0 Å². The molecule has 0 saturated carbocycles. The van der Waals surface area contributed by atoms with Crippen molar-refractivity contribution < 1.29 is 9.53 Å². The number of carbonyl (C=O) groups is 1. The van der Waals surface area contributed by atoms with Gasteiger partial charge < -0.3 is 15.4 Å². The van der Waals surface area contributed by atoms with Gasteiger partial charge in [0, 0.05) is 17.9 Å². The van der Waals surface area contributed by atoms with Gasteiger partial charge in [0.1, 0.15) is 6.61 Å². The Bertz CT molecular complexity index is 429. The first kappa shape index (κ1) is 11.9. The third-order valence-electron chi connectivity index (χ3n) is 2.85. The van der Waals surface area contributed by atoms with Crippen LogP contribution in [-0.2, 0) is 16.0 Å². The quantitative estimate of drug-likeness (QED) is 0.808. The van der Waals surface area contributed by atoms with Crippen molar-refractivity contribution in [2.75, 3.05) is 23.8 Å². The molecule has 1 aromatic carbocycles. The number of fused-ring (bicyclic) bond motifs is 1. The fraction of sp³-hybridized carbons (Fsp3) is 0.462. The molecule has 1 aliphatic heterocycles. The maximum atomic E-state index is 12.0. The molecule has 0 saturated heterocycles. The molecule has 0 aromatic heterocycles. The number of carbonyl (C=O) groups excluding carboxylic acids is 1. The fourth-order valence-corrected chi connectivity index (χ4v) is 1.97. The smallest absolute Gasteiger partial charge is 0.253 e. The first-order valence-corrected chi connectivity index (χ1v) is 5.88. The summed E-state index contributed by atoms with van der Waals surface area (Å²) in [4.78, 5) is 13.7. The number of hydrogen-bond acceptors (Lipinski definition) is 3. The number of rotatable bonds is 3. The van der Waals surface area contributed by atoms with Gasteiger partial charge in [-0.1, -0.05) is 6.07 Å². The van der Waals surface area contributed by atoms with Gasteiger partial charge in [-0.05, 0) is 38.0 Å². The number of ether oxygens (including phenoxy) is 1. The summed E-state index contributed by atoms with van der Waals surface area (Å²) < 4.78 is 5.34. The van der Waals surface area contributed by atoms with Crippen LogP contribution in [0, 0.1) is 0 Å². The van der Waals surface area contributed by atoms with Crippen molar-refractivity contribution in [2.24, 2.45) is 0 Å². The fourth-order valence-electron chi connectivity index (χ4n) is 1.97. The van der Waals surface area contributed by atoms with Gasteiger partial charge in [-0.3, -0.25) is 4.79 Å². The lowest BCUT2D eigenvalue weighted by molar-refractivity contribution is -0.124. The summed E-state index contributed by atoms with van der Waals surface area (Å²) in [5.41, 5.74) is 8.54. The first-order valence-electron chi connectivity index (χ1n) is 5.88. The van der Waals surface area contributed by atoms with E-state index in [0.717, 1.165) is 18.7 Å².